The minimum absolute atomic E-state index is 0.0281. The number of unbranched alkanes of at least 4 members (excludes halogenated alkanes) is 3. The van der Waals surface area contributed by atoms with E-state index in [1.54, 1.807) is 0 Å². The number of aliphatic hydroxyl groups is 1. The summed E-state index contributed by atoms with van der Waals surface area (Å²) in [4.78, 5) is 25.2. The first-order valence-corrected chi connectivity index (χ1v) is 17.9. The molecule has 0 fully saturated rings. The van der Waals surface area contributed by atoms with Crippen molar-refractivity contribution in [2.75, 3.05) is 13.1 Å². The molecule has 0 bridgehead atoms. The van der Waals surface area contributed by atoms with Crippen molar-refractivity contribution in [1.29, 1.82) is 0 Å². The molecule has 0 heterocycles. The fourth-order valence-corrected chi connectivity index (χ4v) is 6.88. The van der Waals surface area contributed by atoms with Crippen molar-refractivity contribution < 1.29 is 19.8 Å². The monoisotopic (exact) mass is 653 g/mol. The number of carbonyl (C=O) groups is 2. The van der Waals surface area contributed by atoms with Gasteiger partial charge in [0.1, 0.15) is 5.75 Å². The van der Waals surface area contributed by atoms with Crippen molar-refractivity contribution in [3.8, 4) is 5.75 Å². The van der Waals surface area contributed by atoms with Gasteiger partial charge in [-0.25, -0.2) is 0 Å². The maximum Gasteiger partial charge on any atom is 0.220 e. The first-order valence-electron chi connectivity index (χ1n) is 17.9. The van der Waals surface area contributed by atoms with Gasteiger partial charge < -0.3 is 20.8 Å². The molecule has 6 heteroatoms. The lowest BCUT2D eigenvalue weighted by atomic mass is 9.60. The van der Waals surface area contributed by atoms with E-state index < -0.39 is 5.60 Å². The number of carbonyl (C=O) groups excluding carboxylic acids is 2. The Morgan fingerprint density at radius 2 is 1.17 bits per heavy atom. The third-order valence-electron chi connectivity index (χ3n) is 9.42. The molecule has 1 aromatic rings. The number of phenols is 1. The molecule has 0 saturated carbocycles. The molecular formula is C41H68N2O4. The Bertz CT molecular complexity index is 1260. The van der Waals surface area contributed by atoms with Gasteiger partial charge in [-0.3, -0.25) is 9.59 Å². The molecule has 2 unspecified atom stereocenters. The number of rotatable bonds is 13. The first-order chi connectivity index (χ1) is 21.3. The number of aromatic hydroxyl groups is 1. The molecule has 0 aliphatic heterocycles. The lowest BCUT2D eigenvalue weighted by Crippen LogP contribution is -2.47. The zero-order valence-electron chi connectivity index (χ0n) is 32.2. The number of allylic oxidation sites excluding steroid dienone is 2. The quantitative estimate of drug-likeness (QED) is 0.160. The number of hydrogen-bond donors (Lipinski definition) is 4. The molecule has 1 aliphatic rings. The molecule has 6 nitrogen and oxygen atoms in total. The summed E-state index contributed by atoms with van der Waals surface area (Å²) in [6.45, 7) is 28.8. The molecular weight excluding hydrogens is 584 g/mol. The molecule has 1 aliphatic carbocycles. The minimum atomic E-state index is -0.925. The van der Waals surface area contributed by atoms with Crippen LogP contribution in [0.1, 0.15) is 152 Å². The molecule has 2 rings (SSSR count). The summed E-state index contributed by atoms with van der Waals surface area (Å²) in [6, 6.07) is 4.11. The number of nitrogens with one attached hydrogen (secondary N) is 2. The van der Waals surface area contributed by atoms with Crippen LogP contribution in [0.15, 0.2) is 35.4 Å². The Morgan fingerprint density at radius 3 is 1.57 bits per heavy atom. The molecule has 47 heavy (non-hydrogen) atoms. The number of amides is 2. The van der Waals surface area contributed by atoms with Gasteiger partial charge in [0.25, 0.3) is 0 Å². The van der Waals surface area contributed by atoms with Crippen LogP contribution in [0.2, 0.25) is 0 Å². The molecule has 2 amide bonds. The normalized spacial score (nSPS) is 19.2. The lowest BCUT2D eigenvalue weighted by Gasteiger charge is -2.47. The minimum Gasteiger partial charge on any atom is -0.507 e. The summed E-state index contributed by atoms with van der Waals surface area (Å²) in [7, 11) is 0. The van der Waals surface area contributed by atoms with Gasteiger partial charge in [-0.1, -0.05) is 126 Å². The second kappa shape index (κ2) is 15.7. The summed E-state index contributed by atoms with van der Waals surface area (Å²) in [5.74, 6) is 0.452. The zero-order chi connectivity index (χ0) is 36.0. The van der Waals surface area contributed by atoms with Gasteiger partial charge in [-0.15, -0.1) is 0 Å². The van der Waals surface area contributed by atoms with Crippen LogP contribution in [0, 0.1) is 16.7 Å². The van der Waals surface area contributed by atoms with E-state index in [2.05, 4.69) is 118 Å². The smallest absolute Gasteiger partial charge is 0.220 e. The summed E-state index contributed by atoms with van der Waals surface area (Å²) < 4.78 is 0. The van der Waals surface area contributed by atoms with Crippen LogP contribution in [0.4, 0.5) is 0 Å². The third-order valence-corrected chi connectivity index (χ3v) is 9.42. The van der Waals surface area contributed by atoms with Gasteiger partial charge in [-0.05, 0) is 76.5 Å². The maximum absolute atomic E-state index is 12.6. The van der Waals surface area contributed by atoms with E-state index in [1.807, 2.05) is 6.92 Å². The Balaban J connectivity index is 1.72. The number of aryl methyl sites for hydroxylation is 1. The fraction of sp³-hybridized carbons (Fsp3) is 0.707. The molecule has 1 aromatic carbocycles. The molecule has 0 aromatic heterocycles. The summed E-state index contributed by atoms with van der Waals surface area (Å²) in [5.41, 5.74) is 3.52. The van der Waals surface area contributed by atoms with Crippen LogP contribution in [0.3, 0.4) is 0 Å². The van der Waals surface area contributed by atoms with E-state index in [0.29, 0.717) is 44.5 Å². The van der Waals surface area contributed by atoms with Crippen molar-refractivity contribution in [3.05, 3.63) is 52.1 Å². The molecule has 4 N–H and O–H groups in total. The molecule has 266 valence electrons. The summed E-state index contributed by atoms with van der Waals surface area (Å²) in [5, 5.41) is 28.6. The van der Waals surface area contributed by atoms with E-state index in [0.717, 1.165) is 53.5 Å². The summed E-state index contributed by atoms with van der Waals surface area (Å²) in [6.07, 6.45) is 10.3. The molecule has 0 spiro atoms. The van der Waals surface area contributed by atoms with E-state index in [9.17, 15) is 19.8 Å². The SMILES string of the molecule is CC(C)(C)C1=CC(CCC(=O)NCCCCCCNC(=O)CCc2cc(C(C)(C)C)c(O)c(C(C)(C)C)c2)=CC(C(C)(C)C)C1(C)O. The van der Waals surface area contributed by atoms with Crippen LogP contribution < -0.4 is 10.6 Å². The standard InChI is InChI=1S/C41H68N2O4/c1-37(2,3)30-24-28(25-31(36(30)46)38(4,5)6)18-20-34(44)42-22-16-14-15-17-23-43-35(45)21-19-29-26-32(39(7,8)9)41(13,47)33(27-29)40(10,11)12/h24-27,32,46-47H,14-23H2,1-13H3,(H,42,44)(H,43,45). The van der Waals surface area contributed by atoms with Gasteiger partial charge in [0.15, 0.2) is 0 Å². The molecule has 0 saturated heterocycles. The van der Waals surface area contributed by atoms with Gasteiger partial charge in [0.2, 0.25) is 11.8 Å². The topological polar surface area (TPSA) is 98.7 Å². The summed E-state index contributed by atoms with van der Waals surface area (Å²) >= 11 is 0. The second-order valence-corrected chi connectivity index (χ2v) is 18.2. The van der Waals surface area contributed by atoms with Crippen LogP contribution in [-0.4, -0.2) is 40.7 Å². The average molecular weight is 653 g/mol. The number of benzene rings is 1. The Morgan fingerprint density at radius 1 is 0.723 bits per heavy atom. The van der Waals surface area contributed by atoms with Crippen molar-refractivity contribution >= 4 is 11.8 Å². The van der Waals surface area contributed by atoms with Crippen molar-refractivity contribution in [2.24, 2.45) is 16.7 Å². The number of hydrogen-bond acceptors (Lipinski definition) is 4. The van der Waals surface area contributed by atoms with Crippen LogP contribution in [0.5, 0.6) is 5.75 Å². The largest absolute Gasteiger partial charge is 0.507 e. The van der Waals surface area contributed by atoms with Gasteiger partial charge >= 0.3 is 0 Å². The second-order valence-electron chi connectivity index (χ2n) is 18.2. The van der Waals surface area contributed by atoms with Gasteiger partial charge in [0.05, 0.1) is 5.60 Å². The third kappa shape index (κ3) is 12.1. The van der Waals surface area contributed by atoms with Crippen LogP contribution in [0.25, 0.3) is 0 Å². The Labute approximate surface area is 287 Å². The van der Waals surface area contributed by atoms with Crippen molar-refractivity contribution in [1.82, 2.24) is 10.6 Å². The highest BCUT2D eigenvalue weighted by Crippen LogP contribution is 2.49. The number of phenolic OH excluding ortho intramolecular Hbond substituents is 1. The Kier molecular flexibility index (Phi) is 13.6. The predicted molar refractivity (Wildman–Crippen MR) is 197 cm³/mol. The Hall–Kier alpha value is -2.60. The van der Waals surface area contributed by atoms with Gasteiger partial charge in [-0.2, -0.15) is 0 Å². The highest BCUT2D eigenvalue weighted by atomic mass is 16.3. The van der Waals surface area contributed by atoms with Crippen molar-refractivity contribution in [3.63, 3.8) is 0 Å². The maximum atomic E-state index is 12.6. The van der Waals surface area contributed by atoms with E-state index in [1.165, 1.54) is 0 Å². The van der Waals surface area contributed by atoms with Crippen molar-refractivity contribution in [2.45, 2.75) is 158 Å². The van der Waals surface area contributed by atoms with Gasteiger partial charge in [0, 0.05) is 31.8 Å². The fourth-order valence-electron chi connectivity index (χ4n) is 6.88. The van der Waals surface area contributed by atoms with E-state index >= 15 is 0 Å². The zero-order valence-corrected chi connectivity index (χ0v) is 32.2. The van der Waals surface area contributed by atoms with Crippen LogP contribution in [-0.2, 0) is 26.8 Å². The van der Waals surface area contributed by atoms with E-state index in [-0.39, 0.29) is 39.4 Å². The highest BCUT2D eigenvalue weighted by molar-refractivity contribution is 5.76. The molecule has 2 atom stereocenters. The predicted octanol–water partition coefficient (Wildman–Crippen LogP) is 8.82. The highest BCUT2D eigenvalue weighted by Gasteiger charge is 2.46. The average Bonchev–Trinajstić information content (AvgIpc) is 2.90. The molecule has 0 radical (unpaired) electrons. The van der Waals surface area contributed by atoms with Crippen LogP contribution >= 0.6 is 0 Å². The van der Waals surface area contributed by atoms with E-state index in [4.69, 9.17) is 0 Å². The lowest BCUT2D eigenvalue weighted by molar-refractivity contribution is -0.121. The first kappa shape index (κ1) is 40.6.